The molecule has 0 N–H and O–H groups in total. The van der Waals surface area contributed by atoms with Crippen LogP contribution >= 0.6 is 0 Å². The van der Waals surface area contributed by atoms with Gasteiger partial charge >= 0.3 is 0 Å². The number of piperidine rings is 1. The number of carbonyl (C=O) groups excluding carboxylic acids is 1. The van der Waals surface area contributed by atoms with Crippen LogP contribution in [-0.2, 0) is 0 Å². The lowest BCUT2D eigenvalue weighted by molar-refractivity contribution is 0.0628. The van der Waals surface area contributed by atoms with E-state index in [1.807, 2.05) is 34.6 Å². The second-order valence-electron chi connectivity index (χ2n) is 7.12. The Hall–Kier alpha value is -2.89. The highest BCUT2D eigenvalue weighted by atomic mass is 19.1. The Bertz CT molecular complexity index is 952. The minimum absolute atomic E-state index is 0.0390. The minimum atomic E-state index is -0.278. The molecule has 0 spiro atoms. The number of fused-ring (bicyclic) bond motifs is 1. The molecule has 1 fully saturated rings. The van der Waals surface area contributed by atoms with Gasteiger partial charge in [0.05, 0.1) is 6.61 Å². The zero-order valence-corrected chi connectivity index (χ0v) is 15.3. The summed E-state index contributed by atoms with van der Waals surface area (Å²) in [6, 6.07) is 9.93. The third kappa shape index (κ3) is 3.94. The van der Waals surface area contributed by atoms with Gasteiger partial charge in [-0.3, -0.25) is 4.79 Å². The van der Waals surface area contributed by atoms with Crippen LogP contribution in [0.5, 0.6) is 5.75 Å². The fourth-order valence-corrected chi connectivity index (χ4v) is 3.50. The Labute approximate surface area is 157 Å². The van der Waals surface area contributed by atoms with Gasteiger partial charge in [-0.1, -0.05) is 6.07 Å². The van der Waals surface area contributed by atoms with Gasteiger partial charge in [0, 0.05) is 31.4 Å². The summed E-state index contributed by atoms with van der Waals surface area (Å²) in [7, 11) is 0. The van der Waals surface area contributed by atoms with Gasteiger partial charge in [-0.25, -0.2) is 9.37 Å². The third-order valence-corrected chi connectivity index (χ3v) is 4.92. The van der Waals surface area contributed by atoms with Crippen molar-refractivity contribution in [1.29, 1.82) is 0 Å². The molecule has 0 radical (unpaired) electrons. The van der Waals surface area contributed by atoms with Gasteiger partial charge in [0.25, 0.3) is 5.91 Å². The number of aryl methyl sites for hydroxylation is 1. The van der Waals surface area contributed by atoms with Crippen LogP contribution in [0, 0.1) is 18.7 Å². The van der Waals surface area contributed by atoms with Crippen LogP contribution in [0.3, 0.4) is 0 Å². The second kappa shape index (κ2) is 7.39. The third-order valence-electron chi connectivity index (χ3n) is 4.92. The summed E-state index contributed by atoms with van der Waals surface area (Å²) in [6.07, 6.45) is 5.71. The Morgan fingerprint density at radius 3 is 2.85 bits per heavy atom. The summed E-state index contributed by atoms with van der Waals surface area (Å²) in [6.45, 7) is 3.91. The largest absolute Gasteiger partial charge is 0.493 e. The normalized spacial score (nSPS) is 17.3. The predicted molar refractivity (Wildman–Crippen MR) is 100 cm³/mol. The van der Waals surface area contributed by atoms with E-state index in [9.17, 15) is 9.18 Å². The van der Waals surface area contributed by atoms with Crippen LogP contribution in [0.2, 0.25) is 0 Å². The first kappa shape index (κ1) is 17.5. The van der Waals surface area contributed by atoms with Crippen LogP contribution < -0.4 is 4.74 Å². The number of halogens is 1. The summed E-state index contributed by atoms with van der Waals surface area (Å²) in [5.74, 6) is 0.588. The molecule has 5 nitrogen and oxygen atoms in total. The Kier molecular flexibility index (Phi) is 4.79. The summed E-state index contributed by atoms with van der Waals surface area (Å²) in [4.78, 5) is 19.2. The second-order valence-corrected chi connectivity index (χ2v) is 7.12. The summed E-state index contributed by atoms with van der Waals surface area (Å²) >= 11 is 0. The van der Waals surface area contributed by atoms with E-state index in [1.165, 1.54) is 12.1 Å². The first-order chi connectivity index (χ1) is 13.1. The van der Waals surface area contributed by atoms with Crippen molar-refractivity contribution < 1.29 is 13.9 Å². The van der Waals surface area contributed by atoms with E-state index in [-0.39, 0.29) is 17.6 Å². The number of pyridine rings is 1. The molecule has 1 atom stereocenters. The van der Waals surface area contributed by atoms with E-state index < -0.39 is 0 Å². The summed E-state index contributed by atoms with van der Waals surface area (Å²) in [5.41, 5.74) is 2.37. The highest BCUT2D eigenvalue weighted by Crippen LogP contribution is 2.21. The number of benzene rings is 1. The molecule has 0 unspecified atom stereocenters. The Morgan fingerprint density at radius 1 is 1.22 bits per heavy atom. The van der Waals surface area contributed by atoms with E-state index in [2.05, 4.69) is 4.98 Å². The van der Waals surface area contributed by atoms with E-state index in [0.29, 0.717) is 24.6 Å². The van der Waals surface area contributed by atoms with Crippen molar-refractivity contribution in [2.24, 2.45) is 5.92 Å². The van der Waals surface area contributed by atoms with Gasteiger partial charge in [0.15, 0.2) is 0 Å². The average Bonchev–Trinajstić information content (AvgIpc) is 3.10. The molecule has 0 bridgehead atoms. The topological polar surface area (TPSA) is 46.8 Å². The molecule has 1 saturated heterocycles. The molecular formula is C21H22FN3O2. The van der Waals surface area contributed by atoms with Crippen molar-refractivity contribution >= 4 is 11.6 Å². The molecule has 1 aliphatic rings. The van der Waals surface area contributed by atoms with E-state index in [4.69, 9.17) is 4.74 Å². The molecule has 1 aromatic carbocycles. The maximum atomic E-state index is 13.0. The molecule has 0 aliphatic carbocycles. The fraction of sp³-hybridized carbons (Fsp3) is 0.333. The molecule has 3 aromatic rings. The molecule has 1 aliphatic heterocycles. The zero-order chi connectivity index (χ0) is 18.8. The Balaban J connectivity index is 1.40. The van der Waals surface area contributed by atoms with Crippen molar-refractivity contribution in [1.82, 2.24) is 14.3 Å². The SMILES string of the molecule is Cc1ccc2nc(C(=O)N3CCC[C@H](COc4ccc(F)cc4)C3)cn2c1. The number of rotatable bonds is 4. The van der Waals surface area contributed by atoms with Crippen molar-refractivity contribution in [3.63, 3.8) is 0 Å². The number of hydrogen-bond donors (Lipinski definition) is 0. The van der Waals surface area contributed by atoms with Gasteiger partial charge in [-0.15, -0.1) is 0 Å². The fourth-order valence-electron chi connectivity index (χ4n) is 3.50. The molecule has 0 saturated carbocycles. The monoisotopic (exact) mass is 367 g/mol. The number of imidazole rings is 1. The van der Waals surface area contributed by atoms with E-state index >= 15 is 0 Å². The van der Waals surface area contributed by atoms with Crippen molar-refractivity contribution in [3.8, 4) is 5.75 Å². The van der Waals surface area contributed by atoms with E-state index in [0.717, 1.165) is 30.6 Å². The average molecular weight is 367 g/mol. The van der Waals surface area contributed by atoms with Crippen molar-refractivity contribution in [2.75, 3.05) is 19.7 Å². The molecule has 2 aromatic heterocycles. The quantitative estimate of drug-likeness (QED) is 0.706. The first-order valence-corrected chi connectivity index (χ1v) is 9.21. The number of ether oxygens (including phenoxy) is 1. The number of likely N-dealkylation sites (tertiary alicyclic amines) is 1. The van der Waals surface area contributed by atoms with Crippen LogP contribution in [0.1, 0.15) is 28.9 Å². The lowest BCUT2D eigenvalue weighted by atomic mass is 9.98. The number of nitrogens with zero attached hydrogens (tertiary/aromatic N) is 3. The van der Waals surface area contributed by atoms with Gasteiger partial charge in [0.1, 0.15) is 22.9 Å². The van der Waals surface area contributed by atoms with Crippen LogP contribution in [0.25, 0.3) is 5.65 Å². The maximum absolute atomic E-state index is 13.0. The summed E-state index contributed by atoms with van der Waals surface area (Å²) < 4.78 is 20.6. The van der Waals surface area contributed by atoms with Gasteiger partial charge in [-0.2, -0.15) is 0 Å². The molecule has 6 heteroatoms. The molecule has 140 valence electrons. The van der Waals surface area contributed by atoms with Gasteiger partial charge in [-0.05, 0) is 55.7 Å². The highest BCUT2D eigenvalue weighted by Gasteiger charge is 2.26. The molecule has 1 amide bonds. The molecule has 27 heavy (non-hydrogen) atoms. The standard InChI is InChI=1S/C21H22FN3O2/c1-15-4-9-20-23-19(13-25(20)11-15)21(26)24-10-2-3-16(12-24)14-27-18-7-5-17(22)6-8-18/h4-9,11,13,16H,2-3,10,12,14H2,1H3/t16-/m0/s1. The number of aromatic nitrogens is 2. The predicted octanol–water partition coefficient (Wildman–Crippen LogP) is 3.71. The number of carbonyl (C=O) groups is 1. The smallest absolute Gasteiger partial charge is 0.274 e. The molecular weight excluding hydrogens is 345 g/mol. The van der Waals surface area contributed by atoms with Crippen molar-refractivity contribution in [2.45, 2.75) is 19.8 Å². The van der Waals surface area contributed by atoms with Gasteiger partial charge in [0.2, 0.25) is 0 Å². The lowest BCUT2D eigenvalue weighted by Gasteiger charge is -2.32. The van der Waals surface area contributed by atoms with Crippen molar-refractivity contribution in [3.05, 3.63) is 65.9 Å². The van der Waals surface area contributed by atoms with E-state index in [1.54, 1.807) is 18.3 Å². The number of amides is 1. The maximum Gasteiger partial charge on any atom is 0.274 e. The van der Waals surface area contributed by atoms with Gasteiger partial charge < -0.3 is 14.0 Å². The highest BCUT2D eigenvalue weighted by molar-refractivity contribution is 5.93. The van der Waals surface area contributed by atoms with Crippen LogP contribution in [0.15, 0.2) is 48.8 Å². The van der Waals surface area contributed by atoms with Crippen LogP contribution in [-0.4, -0.2) is 39.9 Å². The molecule has 4 rings (SSSR count). The Morgan fingerprint density at radius 2 is 2.04 bits per heavy atom. The molecule has 3 heterocycles. The zero-order valence-electron chi connectivity index (χ0n) is 15.3. The lowest BCUT2D eigenvalue weighted by Crippen LogP contribution is -2.41. The summed E-state index contributed by atoms with van der Waals surface area (Å²) in [5, 5.41) is 0. The number of hydrogen-bond acceptors (Lipinski definition) is 3. The first-order valence-electron chi connectivity index (χ1n) is 9.21. The van der Waals surface area contributed by atoms with Crippen LogP contribution in [0.4, 0.5) is 4.39 Å². The minimum Gasteiger partial charge on any atom is -0.493 e.